The quantitative estimate of drug-likeness (QED) is 0.731. The molecule has 2 heterocycles. The van der Waals surface area contributed by atoms with Crippen molar-refractivity contribution in [3.8, 4) is 5.69 Å². The first-order valence-corrected chi connectivity index (χ1v) is 12.3. The summed E-state index contributed by atoms with van der Waals surface area (Å²) in [5.74, 6) is 5.62. The van der Waals surface area contributed by atoms with Crippen LogP contribution in [0.2, 0.25) is 0 Å². The summed E-state index contributed by atoms with van der Waals surface area (Å²) in [6.07, 6.45) is 8.78. The predicted molar refractivity (Wildman–Crippen MR) is 117 cm³/mol. The molecule has 0 atom stereocenters. The highest BCUT2D eigenvalue weighted by Gasteiger charge is 2.51. The van der Waals surface area contributed by atoms with Crippen molar-refractivity contribution in [2.45, 2.75) is 63.4 Å². The van der Waals surface area contributed by atoms with Gasteiger partial charge in [-0.1, -0.05) is 12.1 Å². The highest BCUT2D eigenvalue weighted by Crippen LogP contribution is 2.61. The molecule has 1 aromatic carbocycles. The van der Waals surface area contributed by atoms with E-state index >= 15 is 0 Å². The van der Waals surface area contributed by atoms with E-state index in [2.05, 4.69) is 36.5 Å². The Morgan fingerprint density at radius 1 is 1.17 bits per heavy atom. The fourth-order valence-electron chi connectivity index (χ4n) is 7.11. The Bertz CT molecular complexity index is 943. The summed E-state index contributed by atoms with van der Waals surface area (Å²) in [5.41, 5.74) is 4.86. The Balaban J connectivity index is 1.28. The number of fused-ring (bicyclic) bond motifs is 1. The van der Waals surface area contributed by atoms with Gasteiger partial charge < -0.3 is 5.32 Å². The minimum Gasteiger partial charge on any atom is -0.310 e. The number of nitrogens with one attached hydrogen (secondary N) is 1. The number of hydrogen-bond acceptors (Lipinski definition) is 3. The van der Waals surface area contributed by atoms with Crippen LogP contribution in [-0.2, 0) is 16.3 Å². The van der Waals surface area contributed by atoms with Gasteiger partial charge in [-0.15, -0.1) is 0 Å². The zero-order valence-electron chi connectivity index (χ0n) is 17.1. The molecule has 1 N–H and O–H groups in total. The molecular weight excluding hydrogens is 378 g/mol. The second kappa shape index (κ2) is 6.63. The van der Waals surface area contributed by atoms with Gasteiger partial charge in [0.05, 0.1) is 11.4 Å². The van der Waals surface area contributed by atoms with Gasteiger partial charge in [0, 0.05) is 23.5 Å². The van der Waals surface area contributed by atoms with Crippen molar-refractivity contribution < 1.29 is 4.79 Å². The predicted octanol–water partition coefficient (Wildman–Crippen LogP) is 5.47. The number of anilines is 1. The number of amides is 1. The number of carbonyl (C=O) groups excluding carboxylic acids is 1. The van der Waals surface area contributed by atoms with Crippen LogP contribution in [0.25, 0.3) is 5.69 Å². The number of nitrogens with zero attached hydrogens (tertiary/aromatic N) is 2. The number of rotatable bonds is 4. The van der Waals surface area contributed by atoms with Crippen LogP contribution in [0, 0.1) is 30.1 Å². The van der Waals surface area contributed by atoms with Gasteiger partial charge in [-0.2, -0.15) is 16.9 Å². The molecular formula is C24H29N3OS. The van der Waals surface area contributed by atoms with Gasteiger partial charge in [0.15, 0.2) is 0 Å². The number of thioether (sulfide) groups is 1. The van der Waals surface area contributed by atoms with Crippen molar-refractivity contribution >= 4 is 23.5 Å². The minimum atomic E-state index is 0.195. The zero-order valence-corrected chi connectivity index (χ0v) is 17.9. The maximum absolute atomic E-state index is 13.3. The number of aryl methyl sites for hydroxylation is 1. The summed E-state index contributed by atoms with van der Waals surface area (Å²) in [7, 11) is 0. The molecule has 0 spiro atoms. The lowest BCUT2D eigenvalue weighted by Gasteiger charge is -2.56. The largest absolute Gasteiger partial charge is 0.310 e. The molecule has 4 saturated carbocycles. The van der Waals surface area contributed by atoms with Crippen LogP contribution in [-0.4, -0.2) is 15.7 Å². The van der Waals surface area contributed by atoms with Crippen molar-refractivity contribution in [3.05, 3.63) is 41.1 Å². The van der Waals surface area contributed by atoms with E-state index in [-0.39, 0.29) is 11.3 Å². The first-order valence-electron chi connectivity index (χ1n) is 11.1. The fraction of sp³-hybridized carbons (Fsp3) is 0.583. The first-order chi connectivity index (χ1) is 14.1. The molecule has 0 radical (unpaired) electrons. The average molecular weight is 408 g/mol. The molecule has 0 saturated heterocycles. The van der Waals surface area contributed by atoms with Gasteiger partial charge in [-0.05, 0) is 86.3 Å². The number of benzene rings is 1. The SMILES string of the molecule is Cc1cccc(-n2nc3c(c2NC(=O)CC24CC5CC(CC(C5)C2)C4)CSC3)c1. The van der Waals surface area contributed by atoms with Crippen LogP contribution in [0.3, 0.4) is 0 Å². The van der Waals surface area contributed by atoms with Crippen LogP contribution < -0.4 is 5.32 Å². The van der Waals surface area contributed by atoms with Gasteiger partial charge in [0.1, 0.15) is 5.82 Å². The van der Waals surface area contributed by atoms with Gasteiger partial charge in [-0.3, -0.25) is 4.79 Å². The van der Waals surface area contributed by atoms with Gasteiger partial charge >= 0.3 is 0 Å². The Kier molecular flexibility index (Phi) is 4.13. The van der Waals surface area contributed by atoms with E-state index in [1.165, 1.54) is 49.7 Å². The molecule has 4 fully saturated rings. The minimum absolute atomic E-state index is 0.195. The third-order valence-electron chi connectivity index (χ3n) is 7.76. The second-order valence-electron chi connectivity index (χ2n) is 10.2. The lowest BCUT2D eigenvalue weighted by Crippen LogP contribution is -2.47. The van der Waals surface area contributed by atoms with Crippen LogP contribution in [0.15, 0.2) is 24.3 Å². The molecule has 152 valence electrons. The summed E-state index contributed by atoms with van der Waals surface area (Å²) in [6, 6.07) is 8.39. The van der Waals surface area contributed by atoms with E-state index in [1.807, 2.05) is 16.4 Å². The molecule has 7 rings (SSSR count). The highest BCUT2D eigenvalue weighted by molar-refractivity contribution is 7.98. The summed E-state index contributed by atoms with van der Waals surface area (Å²) in [5, 5.41) is 8.19. The van der Waals surface area contributed by atoms with Crippen molar-refractivity contribution in [2.24, 2.45) is 23.2 Å². The average Bonchev–Trinajstić information content (AvgIpc) is 3.23. The molecule has 0 unspecified atom stereocenters. The van der Waals surface area contributed by atoms with Gasteiger partial charge in [-0.25, -0.2) is 4.68 Å². The van der Waals surface area contributed by atoms with Crippen molar-refractivity contribution in [1.82, 2.24) is 9.78 Å². The monoisotopic (exact) mass is 407 g/mol. The van der Waals surface area contributed by atoms with Crippen molar-refractivity contribution in [3.63, 3.8) is 0 Å². The van der Waals surface area contributed by atoms with Gasteiger partial charge in [0.2, 0.25) is 5.91 Å². The summed E-state index contributed by atoms with van der Waals surface area (Å²) < 4.78 is 1.97. The topological polar surface area (TPSA) is 46.9 Å². The zero-order chi connectivity index (χ0) is 19.6. The molecule has 4 aliphatic carbocycles. The lowest BCUT2D eigenvalue weighted by atomic mass is 9.49. The Hall–Kier alpha value is -1.75. The highest BCUT2D eigenvalue weighted by atomic mass is 32.2. The van der Waals surface area contributed by atoms with E-state index in [0.717, 1.165) is 46.5 Å². The maximum Gasteiger partial charge on any atom is 0.226 e. The summed E-state index contributed by atoms with van der Waals surface area (Å²) in [4.78, 5) is 13.3. The van der Waals surface area contributed by atoms with E-state index in [1.54, 1.807) is 0 Å². The molecule has 1 aromatic heterocycles. The van der Waals surface area contributed by atoms with E-state index in [4.69, 9.17) is 5.10 Å². The molecule has 4 bridgehead atoms. The number of carbonyl (C=O) groups is 1. The first kappa shape index (κ1) is 18.1. The van der Waals surface area contributed by atoms with Crippen molar-refractivity contribution in [2.75, 3.05) is 5.32 Å². The molecule has 29 heavy (non-hydrogen) atoms. The van der Waals surface area contributed by atoms with Crippen LogP contribution in [0.4, 0.5) is 5.82 Å². The molecule has 1 amide bonds. The van der Waals surface area contributed by atoms with Crippen LogP contribution in [0.5, 0.6) is 0 Å². The van der Waals surface area contributed by atoms with Crippen LogP contribution >= 0.6 is 11.8 Å². The molecule has 1 aliphatic heterocycles. The standard InChI is InChI=1S/C24H29N3OS/c1-15-3-2-4-19(5-15)27-23(20-13-29-14-21(20)26-27)25-22(28)12-24-9-16-6-17(10-24)8-18(7-16)11-24/h2-5,16-18H,6-14H2,1H3,(H,25,28). The number of aromatic nitrogens is 2. The van der Waals surface area contributed by atoms with E-state index < -0.39 is 0 Å². The van der Waals surface area contributed by atoms with E-state index in [9.17, 15) is 4.79 Å². The summed E-state index contributed by atoms with van der Waals surface area (Å²) in [6.45, 7) is 2.10. The molecule has 5 aliphatic rings. The Morgan fingerprint density at radius 2 is 1.90 bits per heavy atom. The molecule has 4 nitrogen and oxygen atoms in total. The summed E-state index contributed by atoms with van der Waals surface area (Å²) >= 11 is 1.89. The third-order valence-corrected chi connectivity index (χ3v) is 8.73. The smallest absolute Gasteiger partial charge is 0.226 e. The lowest BCUT2D eigenvalue weighted by molar-refractivity contribution is -0.124. The molecule has 2 aromatic rings. The fourth-order valence-corrected chi connectivity index (χ4v) is 8.15. The number of hydrogen-bond donors (Lipinski definition) is 1. The Morgan fingerprint density at radius 3 is 2.59 bits per heavy atom. The van der Waals surface area contributed by atoms with E-state index in [0.29, 0.717) is 6.42 Å². The van der Waals surface area contributed by atoms with Crippen molar-refractivity contribution in [1.29, 1.82) is 0 Å². The molecule has 5 heteroatoms. The van der Waals surface area contributed by atoms with Gasteiger partial charge in [0.25, 0.3) is 0 Å². The second-order valence-corrected chi connectivity index (χ2v) is 11.1. The van der Waals surface area contributed by atoms with Crippen LogP contribution in [0.1, 0.15) is 61.8 Å². The Labute approximate surface area is 176 Å². The maximum atomic E-state index is 13.3. The third kappa shape index (κ3) is 3.13. The normalized spacial score (nSPS) is 31.8.